The van der Waals surface area contributed by atoms with Crippen LogP contribution in [0.5, 0.6) is 0 Å². The summed E-state index contributed by atoms with van der Waals surface area (Å²) < 4.78 is 5.18. The zero-order chi connectivity index (χ0) is 12.4. The summed E-state index contributed by atoms with van der Waals surface area (Å²) in [6.45, 7) is 0. The first-order chi connectivity index (χ1) is 8.86. The van der Waals surface area contributed by atoms with E-state index < -0.39 is 0 Å². The van der Waals surface area contributed by atoms with E-state index in [0.29, 0.717) is 22.8 Å². The molecule has 0 aromatic carbocycles. The zero-order valence-electron chi connectivity index (χ0n) is 9.29. The number of H-pyrrole nitrogens is 1. The number of rotatable bonds is 2. The lowest BCUT2D eigenvalue weighted by molar-refractivity contribution is 0.557. The molecule has 0 spiro atoms. The van der Waals surface area contributed by atoms with Crippen LogP contribution in [0.4, 0.5) is 0 Å². The van der Waals surface area contributed by atoms with Crippen molar-refractivity contribution in [2.75, 3.05) is 0 Å². The number of nitrogens with one attached hydrogen (secondary N) is 1. The highest BCUT2D eigenvalue weighted by Crippen LogP contribution is 2.17. The molecule has 0 aliphatic carbocycles. The molecule has 0 aliphatic heterocycles. The quantitative estimate of drug-likeness (QED) is 0.693. The van der Waals surface area contributed by atoms with E-state index in [0.717, 1.165) is 5.52 Å². The number of aromatic nitrogens is 3. The molecule has 3 aromatic rings. The Kier molecular flexibility index (Phi) is 2.39. The van der Waals surface area contributed by atoms with Crippen LogP contribution in [0.3, 0.4) is 0 Å². The SMILES string of the molecule is N#C/C(=C\c1ccco1)c1nc2ncccc2[nH]1. The summed E-state index contributed by atoms with van der Waals surface area (Å²) in [5.41, 5.74) is 1.80. The van der Waals surface area contributed by atoms with E-state index >= 15 is 0 Å². The maximum Gasteiger partial charge on any atom is 0.178 e. The summed E-state index contributed by atoms with van der Waals surface area (Å²) >= 11 is 0. The van der Waals surface area contributed by atoms with Gasteiger partial charge in [0.2, 0.25) is 0 Å². The van der Waals surface area contributed by atoms with E-state index in [1.165, 1.54) is 0 Å². The van der Waals surface area contributed by atoms with Crippen molar-refractivity contribution in [2.24, 2.45) is 0 Å². The Morgan fingerprint density at radius 2 is 2.33 bits per heavy atom. The molecule has 0 saturated heterocycles. The first-order valence-electron chi connectivity index (χ1n) is 5.33. The van der Waals surface area contributed by atoms with Gasteiger partial charge in [-0.2, -0.15) is 5.26 Å². The predicted octanol–water partition coefficient (Wildman–Crippen LogP) is 2.62. The predicted molar refractivity (Wildman–Crippen MR) is 66.1 cm³/mol. The molecule has 18 heavy (non-hydrogen) atoms. The molecule has 0 amide bonds. The Morgan fingerprint density at radius 1 is 1.39 bits per heavy atom. The Balaban J connectivity index is 2.09. The van der Waals surface area contributed by atoms with Crippen molar-refractivity contribution in [3.8, 4) is 6.07 Å². The molecule has 0 bridgehead atoms. The number of nitrogens with zero attached hydrogens (tertiary/aromatic N) is 3. The highest BCUT2D eigenvalue weighted by atomic mass is 16.3. The Bertz CT molecular complexity index is 714. The van der Waals surface area contributed by atoms with Crippen LogP contribution in [0.15, 0.2) is 41.1 Å². The minimum Gasteiger partial charge on any atom is -0.465 e. The van der Waals surface area contributed by atoms with Gasteiger partial charge < -0.3 is 9.40 Å². The van der Waals surface area contributed by atoms with Crippen LogP contribution in [0, 0.1) is 11.3 Å². The van der Waals surface area contributed by atoms with Crippen LogP contribution in [0.2, 0.25) is 0 Å². The van der Waals surface area contributed by atoms with Crippen molar-refractivity contribution in [1.82, 2.24) is 15.0 Å². The van der Waals surface area contributed by atoms with E-state index in [-0.39, 0.29) is 0 Å². The van der Waals surface area contributed by atoms with Gasteiger partial charge in [0.1, 0.15) is 11.8 Å². The molecule has 0 saturated carbocycles. The zero-order valence-corrected chi connectivity index (χ0v) is 9.29. The second-order valence-electron chi connectivity index (χ2n) is 3.65. The number of nitriles is 1. The van der Waals surface area contributed by atoms with Gasteiger partial charge in [0, 0.05) is 12.3 Å². The van der Waals surface area contributed by atoms with E-state index in [1.807, 2.05) is 12.1 Å². The van der Waals surface area contributed by atoms with Crippen molar-refractivity contribution in [2.45, 2.75) is 0 Å². The molecule has 0 radical (unpaired) electrons. The third kappa shape index (κ3) is 1.76. The molecule has 3 aromatic heterocycles. The normalized spacial score (nSPS) is 11.6. The lowest BCUT2D eigenvalue weighted by Crippen LogP contribution is -1.84. The van der Waals surface area contributed by atoms with Crippen molar-refractivity contribution in [3.05, 3.63) is 48.3 Å². The number of pyridine rings is 1. The molecule has 5 nitrogen and oxygen atoms in total. The average molecular weight is 236 g/mol. The highest BCUT2D eigenvalue weighted by Gasteiger charge is 2.08. The minimum atomic E-state index is 0.406. The minimum absolute atomic E-state index is 0.406. The molecule has 0 fully saturated rings. The van der Waals surface area contributed by atoms with Gasteiger partial charge in [0.25, 0.3) is 0 Å². The van der Waals surface area contributed by atoms with Crippen molar-refractivity contribution in [3.63, 3.8) is 0 Å². The van der Waals surface area contributed by atoms with Gasteiger partial charge in [0.15, 0.2) is 11.5 Å². The van der Waals surface area contributed by atoms with Gasteiger partial charge in [-0.15, -0.1) is 0 Å². The molecule has 0 aliphatic rings. The van der Waals surface area contributed by atoms with Gasteiger partial charge in [0.05, 0.1) is 17.4 Å². The van der Waals surface area contributed by atoms with Crippen LogP contribution in [-0.4, -0.2) is 15.0 Å². The Hall–Kier alpha value is -2.87. The largest absolute Gasteiger partial charge is 0.465 e. The summed E-state index contributed by atoms with van der Waals surface area (Å²) in [7, 11) is 0. The summed E-state index contributed by atoms with van der Waals surface area (Å²) in [5.74, 6) is 1.10. The molecule has 0 unspecified atom stereocenters. The van der Waals surface area contributed by atoms with Crippen molar-refractivity contribution < 1.29 is 4.42 Å². The van der Waals surface area contributed by atoms with Gasteiger partial charge in [-0.3, -0.25) is 0 Å². The first-order valence-corrected chi connectivity index (χ1v) is 5.33. The maximum absolute atomic E-state index is 9.16. The van der Waals surface area contributed by atoms with Crippen LogP contribution >= 0.6 is 0 Å². The van der Waals surface area contributed by atoms with Gasteiger partial charge in [-0.25, -0.2) is 9.97 Å². The number of allylic oxidation sites excluding steroid dienone is 1. The molecular formula is C13H8N4O. The monoisotopic (exact) mass is 236 g/mol. The van der Waals surface area contributed by atoms with Crippen LogP contribution in [0.25, 0.3) is 22.8 Å². The number of hydrogen-bond donors (Lipinski definition) is 1. The number of aromatic amines is 1. The lowest BCUT2D eigenvalue weighted by atomic mass is 10.2. The van der Waals surface area contributed by atoms with Crippen LogP contribution < -0.4 is 0 Å². The van der Waals surface area contributed by atoms with Crippen LogP contribution in [-0.2, 0) is 0 Å². The third-order valence-electron chi connectivity index (χ3n) is 2.46. The maximum atomic E-state index is 9.16. The lowest BCUT2D eigenvalue weighted by Gasteiger charge is -1.90. The number of fused-ring (bicyclic) bond motifs is 1. The molecular weight excluding hydrogens is 228 g/mol. The van der Waals surface area contributed by atoms with E-state index in [4.69, 9.17) is 9.68 Å². The molecule has 1 N–H and O–H groups in total. The molecule has 86 valence electrons. The first kappa shape index (κ1) is 10.3. The second-order valence-corrected chi connectivity index (χ2v) is 3.65. The fourth-order valence-corrected chi connectivity index (χ4v) is 1.64. The standard InChI is InChI=1S/C13H8N4O/c14-8-9(7-10-3-2-6-18-10)12-16-11-4-1-5-15-13(11)17-12/h1-7H,(H,15,16,17)/b9-7+. The average Bonchev–Trinajstić information content (AvgIpc) is 3.04. The Labute approximate surface area is 102 Å². The van der Waals surface area contributed by atoms with E-state index in [9.17, 15) is 0 Å². The Morgan fingerprint density at radius 3 is 3.06 bits per heavy atom. The van der Waals surface area contributed by atoms with E-state index in [1.54, 1.807) is 30.7 Å². The summed E-state index contributed by atoms with van der Waals surface area (Å²) in [6, 6.07) is 9.31. The smallest absolute Gasteiger partial charge is 0.178 e. The molecule has 3 rings (SSSR count). The van der Waals surface area contributed by atoms with Crippen molar-refractivity contribution >= 4 is 22.8 Å². The molecule has 3 heterocycles. The second kappa shape index (κ2) is 4.18. The highest BCUT2D eigenvalue weighted by molar-refractivity contribution is 5.88. The fraction of sp³-hybridized carbons (Fsp3) is 0. The third-order valence-corrected chi connectivity index (χ3v) is 2.46. The number of imidazole rings is 1. The van der Waals surface area contributed by atoms with Gasteiger partial charge >= 0.3 is 0 Å². The fourth-order valence-electron chi connectivity index (χ4n) is 1.64. The van der Waals surface area contributed by atoms with Gasteiger partial charge in [-0.1, -0.05) is 0 Å². The molecule has 0 atom stereocenters. The summed E-state index contributed by atoms with van der Waals surface area (Å²) in [4.78, 5) is 11.4. The molecule has 5 heteroatoms. The van der Waals surface area contributed by atoms with Gasteiger partial charge in [-0.05, 0) is 24.3 Å². The number of furan rings is 1. The summed E-state index contributed by atoms with van der Waals surface area (Å²) in [5, 5.41) is 9.16. The number of hydrogen-bond acceptors (Lipinski definition) is 4. The summed E-state index contributed by atoms with van der Waals surface area (Å²) in [6.07, 6.45) is 4.86. The van der Waals surface area contributed by atoms with Crippen LogP contribution in [0.1, 0.15) is 11.6 Å². The van der Waals surface area contributed by atoms with Crippen molar-refractivity contribution in [1.29, 1.82) is 5.26 Å². The topological polar surface area (TPSA) is 78.5 Å². The van der Waals surface area contributed by atoms with E-state index in [2.05, 4.69) is 21.0 Å².